The number of nitrogens with zero attached hydrogens (tertiary/aromatic N) is 2. The fourth-order valence-corrected chi connectivity index (χ4v) is 6.99. The molecule has 0 aliphatic carbocycles. The van der Waals surface area contributed by atoms with E-state index >= 15 is 4.39 Å². The SMILES string of the molecule is CCc1ccc(CCNc2c(F)cc3c(=O)c(C(=O)NCCC4CCCN4C)cn4c3c2Oc2cc3ccccc3cc2-4)cc1OC. The van der Waals surface area contributed by atoms with Gasteiger partial charge in [0.2, 0.25) is 5.43 Å². The van der Waals surface area contributed by atoms with E-state index in [9.17, 15) is 9.59 Å². The van der Waals surface area contributed by atoms with Gasteiger partial charge in [0.05, 0.1) is 18.2 Å². The number of hydrogen-bond acceptors (Lipinski definition) is 6. The molecule has 0 saturated carbocycles. The fourth-order valence-electron chi connectivity index (χ4n) is 6.99. The number of pyridine rings is 1. The molecule has 0 bridgehead atoms. The van der Waals surface area contributed by atoms with Gasteiger partial charge in [-0.3, -0.25) is 9.59 Å². The van der Waals surface area contributed by atoms with Crippen LogP contribution < -0.4 is 25.5 Å². The Kier molecular flexibility index (Phi) is 8.32. The second-order valence-corrected chi connectivity index (χ2v) is 12.5. The lowest BCUT2D eigenvalue weighted by molar-refractivity contribution is 0.0949. The topological polar surface area (TPSA) is 84.8 Å². The van der Waals surface area contributed by atoms with E-state index < -0.39 is 17.2 Å². The van der Waals surface area contributed by atoms with Gasteiger partial charge in [0.25, 0.3) is 5.91 Å². The minimum absolute atomic E-state index is 0.0335. The number of aromatic nitrogens is 1. The Bertz CT molecular complexity index is 2070. The van der Waals surface area contributed by atoms with Crippen LogP contribution in [0, 0.1) is 5.82 Å². The Morgan fingerprint density at radius 1 is 1.09 bits per heavy atom. The van der Waals surface area contributed by atoms with Gasteiger partial charge in [-0.05, 0) is 91.9 Å². The van der Waals surface area contributed by atoms with Crippen LogP contribution >= 0.6 is 0 Å². The zero-order chi connectivity index (χ0) is 32.7. The summed E-state index contributed by atoms with van der Waals surface area (Å²) in [6, 6.07) is 19.5. The van der Waals surface area contributed by atoms with E-state index in [-0.39, 0.29) is 22.4 Å². The maximum Gasteiger partial charge on any atom is 0.256 e. The van der Waals surface area contributed by atoms with E-state index in [2.05, 4.69) is 41.6 Å². The maximum absolute atomic E-state index is 16.0. The molecule has 3 heterocycles. The molecular weight excluding hydrogens is 595 g/mol. The average Bonchev–Trinajstić information content (AvgIpc) is 3.49. The van der Waals surface area contributed by atoms with E-state index in [1.165, 1.54) is 6.07 Å². The van der Waals surface area contributed by atoms with Crippen LogP contribution in [0.4, 0.5) is 10.1 Å². The quantitative estimate of drug-likeness (QED) is 0.172. The number of likely N-dealkylation sites (tertiary alicyclic amines) is 1. The minimum atomic E-state index is -0.624. The Morgan fingerprint density at radius 3 is 2.64 bits per heavy atom. The van der Waals surface area contributed by atoms with Crippen molar-refractivity contribution in [3.8, 4) is 22.9 Å². The number of nitrogens with one attached hydrogen (secondary N) is 2. The molecule has 1 aromatic heterocycles. The first-order valence-corrected chi connectivity index (χ1v) is 16.4. The number of halogens is 1. The number of aryl methyl sites for hydroxylation is 1. The lowest BCUT2D eigenvalue weighted by Gasteiger charge is -2.27. The number of carbonyl (C=O) groups excluding carboxylic acids is 1. The predicted molar refractivity (Wildman–Crippen MR) is 184 cm³/mol. The molecule has 0 radical (unpaired) electrons. The highest BCUT2D eigenvalue weighted by Crippen LogP contribution is 2.46. The number of methoxy groups -OCH3 is 1. The molecule has 5 aromatic rings. The van der Waals surface area contributed by atoms with Gasteiger partial charge in [0.15, 0.2) is 17.3 Å². The minimum Gasteiger partial charge on any atom is -0.496 e. The van der Waals surface area contributed by atoms with Crippen LogP contribution in [0.15, 0.2) is 71.7 Å². The summed E-state index contributed by atoms with van der Waals surface area (Å²) >= 11 is 0. The molecule has 9 heteroatoms. The maximum atomic E-state index is 16.0. The number of rotatable bonds is 10. The molecule has 1 saturated heterocycles. The third kappa shape index (κ3) is 5.69. The monoisotopic (exact) mass is 634 g/mol. The molecule has 1 amide bonds. The molecule has 242 valence electrons. The summed E-state index contributed by atoms with van der Waals surface area (Å²) in [4.78, 5) is 29.6. The Hall–Kier alpha value is -4.89. The van der Waals surface area contributed by atoms with E-state index in [1.807, 2.05) is 42.5 Å². The number of amides is 1. The van der Waals surface area contributed by atoms with Gasteiger partial charge in [-0.15, -0.1) is 0 Å². The van der Waals surface area contributed by atoms with Crippen molar-refractivity contribution in [1.29, 1.82) is 0 Å². The zero-order valence-corrected chi connectivity index (χ0v) is 27.0. The van der Waals surface area contributed by atoms with Crippen molar-refractivity contribution in [2.75, 3.05) is 39.1 Å². The van der Waals surface area contributed by atoms with E-state index in [1.54, 1.807) is 17.9 Å². The lowest BCUT2D eigenvalue weighted by atomic mass is 10.0. The fraction of sp³-hybridized carbons (Fsp3) is 0.316. The number of ether oxygens (including phenoxy) is 2. The van der Waals surface area contributed by atoms with Gasteiger partial charge < -0.3 is 29.6 Å². The first-order chi connectivity index (χ1) is 22.9. The molecule has 1 unspecified atom stereocenters. The van der Waals surface area contributed by atoms with Crippen molar-refractivity contribution in [3.05, 3.63) is 99.6 Å². The molecule has 2 N–H and O–H groups in total. The van der Waals surface area contributed by atoms with Gasteiger partial charge in [0, 0.05) is 25.3 Å². The highest BCUT2D eigenvalue weighted by molar-refractivity contribution is 6.02. The van der Waals surface area contributed by atoms with Crippen LogP contribution in [-0.2, 0) is 12.8 Å². The summed E-state index contributed by atoms with van der Waals surface area (Å²) in [6.45, 7) is 4.00. The molecule has 1 atom stereocenters. The van der Waals surface area contributed by atoms with Crippen molar-refractivity contribution in [1.82, 2.24) is 14.8 Å². The first kappa shape index (κ1) is 30.7. The molecule has 2 aliphatic rings. The van der Waals surface area contributed by atoms with Crippen LogP contribution in [0.25, 0.3) is 27.4 Å². The molecule has 2 aliphatic heterocycles. The molecule has 8 nitrogen and oxygen atoms in total. The summed E-state index contributed by atoms with van der Waals surface area (Å²) in [5.41, 5.74) is 2.86. The molecule has 47 heavy (non-hydrogen) atoms. The smallest absolute Gasteiger partial charge is 0.256 e. The van der Waals surface area contributed by atoms with Gasteiger partial charge in [-0.1, -0.05) is 43.3 Å². The van der Waals surface area contributed by atoms with Crippen LogP contribution in [-0.4, -0.2) is 55.2 Å². The number of fused-ring (bicyclic) bond motifs is 3. The van der Waals surface area contributed by atoms with Crippen molar-refractivity contribution < 1.29 is 18.7 Å². The normalized spacial score (nSPS) is 15.4. The number of anilines is 1. The third-order valence-electron chi connectivity index (χ3n) is 9.62. The lowest BCUT2D eigenvalue weighted by Crippen LogP contribution is -2.34. The summed E-state index contributed by atoms with van der Waals surface area (Å²) in [7, 11) is 3.76. The third-order valence-corrected chi connectivity index (χ3v) is 9.62. The Morgan fingerprint density at radius 2 is 1.89 bits per heavy atom. The van der Waals surface area contributed by atoms with Crippen molar-refractivity contribution in [3.63, 3.8) is 0 Å². The summed E-state index contributed by atoms with van der Waals surface area (Å²) in [6.07, 6.45) is 6.09. The summed E-state index contributed by atoms with van der Waals surface area (Å²) in [5, 5.41) is 8.21. The van der Waals surface area contributed by atoms with Crippen LogP contribution in [0.1, 0.15) is 47.7 Å². The number of hydrogen-bond donors (Lipinski definition) is 2. The number of carbonyl (C=O) groups is 1. The average molecular weight is 635 g/mol. The van der Waals surface area contributed by atoms with Gasteiger partial charge in [-0.25, -0.2) is 4.39 Å². The van der Waals surface area contributed by atoms with Crippen molar-refractivity contribution in [2.24, 2.45) is 0 Å². The van der Waals surface area contributed by atoms with Gasteiger partial charge >= 0.3 is 0 Å². The van der Waals surface area contributed by atoms with Crippen LogP contribution in [0.3, 0.4) is 0 Å². The second-order valence-electron chi connectivity index (χ2n) is 12.5. The van der Waals surface area contributed by atoms with Gasteiger partial charge in [0.1, 0.15) is 22.5 Å². The second kappa shape index (κ2) is 12.7. The standard InChI is InChI=1S/C38H39FN4O4/c1-4-24-12-11-23(18-32(24)46-3)13-15-40-34-30(39)21-28-35-37(34)47-33-20-26-9-6-5-8-25(26)19-31(33)43(35)22-29(36(28)44)38(45)41-16-14-27-10-7-17-42(27)2/h5-6,8-9,11-12,18-22,27,40H,4,7,10,13-17H2,1-3H3,(H,41,45). The molecule has 0 spiro atoms. The van der Waals surface area contributed by atoms with Crippen LogP contribution in [0.2, 0.25) is 0 Å². The van der Waals surface area contributed by atoms with E-state index in [4.69, 9.17) is 9.47 Å². The zero-order valence-electron chi connectivity index (χ0n) is 27.0. The highest BCUT2D eigenvalue weighted by Gasteiger charge is 2.29. The largest absolute Gasteiger partial charge is 0.496 e. The van der Waals surface area contributed by atoms with E-state index in [0.717, 1.165) is 59.9 Å². The summed E-state index contributed by atoms with van der Waals surface area (Å²) in [5.74, 6) is 0.462. The molecule has 4 aromatic carbocycles. The Labute approximate surface area is 273 Å². The van der Waals surface area contributed by atoms with E-state index in [0.29, 0.717) is 42.5 Å². The molecular formula is C38H39FN4O4. The van der Waals surface area contributed by atoms with Crippen molar-refractivity contribution in [2.45, 2.75) is 45.1 Å². The van der Waals surface area contributed by atoms with Gasteiger partial charge in [-0.2, -0.15) is 0 Å². The highest BCUT2D eigenvalue weighted by atomic mass is 19.1. The Balaban J connectivity index is 1.27. The molecule has 1 fully saturated rings. The van der Waals surface area contributed by atoms with Crippen LogP contribution in [0.5, 0.6) is 17.2 Å². The summed E-state index contributed by atoms with van der Waals surface area (Å²) < 4.78 is 29.8. The molecule has 7 rings (SSSR count). The number of benzene rings is 4. The predicted octanol–water partition coefficient (Wildman–Crippen LogP) is 6.83. The van der Waals surface area contributed by atoms with Crippen molar-refractivity contribution >= 4 is 33.3 Å². The first-order valence-electron chi connectivity index (χ1n) is 16.4.